The van der Waals surface area contributed by atoms with E-state index in [2.05, 4.69) is 9.72 Å². The van der Waals surface area contributed by atoms with Crippen molar-refractivity contribution in [1.29, 1.82) is 5.26 Å². The van der Waals surface area contributed by atoms with Crippen molar-refractivity contribution in [1.82, 2.24) is 4.98 Å². The molecule has 0 unspecified atom stereocenters. The van der Waals surface area contributed by atoms with Gasteiger partial charge in [-0.15, -0.1) is 0 Å². The third kappa shape index (κ3) is 3.11. The predicted molar refractivity (Wildman–Crippen MR) is 54.6 cm³/mol. The molecule has 0 atom stereocenters. The van der Waals surface area contributed by atoms with Gasteiger partial charge in [0.2, 0.25) is 0 Å². The van der Waals surface area contributed by atoms with Gasteiger partial charge in [-0.25, -0.2) is 13.8 Å². The molecule has 1 aromatic rings. The number of esters is 1. The molecular formula is C10H7ClF2N2O2. The number of carbonyl (C=O) groups excluding carboxylic acids is 1. The van der Waals surface area contributed by atoms with Crippen LogP contribution < -0.4 is 0 Å². The summed E-state index contributed by atoms with van der Waals surface area (Å²) >= 11 is 5.60. The maximum absolute atomic E-state index is 12.7. The molecule has 0 bridgehead atoms. The van der Waals surface area contributed by atoms with Crippen molar-refractivity contribution >= 4 is 17.6 Å². The fraction of sp³-hybridized carbons (Fsp3) is 0.300. The van der Waals surface area contributed by atoms with E-state index >= 15 is 0 Å². The van der Waals surface area contributed by atoms with Crippen molar-refractivity contribution in [3.63, 3.8) is 0 Å². The van der Waals surface area contributed by atoms with E-state index in [1.165, 1.54) is 0 Å². The smallest absolute Gasteiger partial charge is 0.311 e. The van der Waals surface area contributed by atoms with E-state index < -0.39 is 24.4 Å². The third-order valence-corrected chi connectivity index (χ3v) is 2.27. The molecular weight excluding hydrogens is 254 g/mol. The first-order chi connectivity index (χ1) is 7.99. The van der Waals surface area contributed by atoms with Crippen LogP contribution in [0.4, 0.5) is 8.78 Å². The van der Waals surface area contributed by atoms with Gasteiger partial charge >= 0.3 is 5.97 Å². The third-order valence-electron chi connectivity index (χ3n) is 1.98. The number of hydrogen-bond acceptors (Lipinski definition) is 4. The number of rotatable bonds is 3. The van der Waals surface area contributed by atoms with Crippen LogP contribution in [0.5, 0.6) is 0 Å². The van der Waals surface area contributed by atoms with Gasteiger partial charge in [0.25, 0.3) is 6.43 Å². The number of alkyl halides is 2. The fourth-order valence-corrected chi connectivity index (χ4v) is 1.36. The van der Waals surface area contributed by atoms with Gasteiger partial charge in [0, 0.05) is 5.56 Å². The quantitative estimate of drug-likeness (QED) is 0.618. The van der Waals surface area contributed by atoms with Crippen molar-refractivity contribution < 1.29 is 18.3 Å². The van der Waals surface area contributed by atoms with E-state index in [1.54, 1.807) is 6.07 Å². The largest absolute Gasteiger partial charge is 0.469 e. The minimum absolute atomic E-state index is 0.157. The number of pyridine rings is 1. The number of ether oxygens (including phenoxy) is 1. The number of carbonyl (C=O) groups is 1. The lowest BCUT2D eigenvalue weighted by Gasteiger charge is -2.08. The number of hydrogen-bond donors (Lipinski definition) is 0. The summed E-state index contributed by atoms with van der Waals surface area (Å²) in [4.78, 5) is 14.6. The molecule has 0 aromatic carbocycles. The molecule has 1 aromatic heterocycles. The average Bonchev–Trinajstić information content (AvgIpc) is 2.28. The van der Waals surface area contributed by atoms with Gasteiger partial charge in [0.1, 0.15) is 11.2 Å². The number of halogens is 3. The first-order valence-corrected chi connectivity index (χ1v) is 4.81. The Morgan fingerprint density at radius 2 is 2.35 bits per heavy atom. The molecule has 7 heteroatoms. The predicted octanol–water partition coefficient (Wildman–Crippen LogP) is 2.26. The lowest BCUT2D eigenvalue weighted by Crippen LogP contribution is -2.10. The Balaban J connectivity index is 3.24. The van der Waals surface area contributed by atoms with Crippen LogP contribution in [0.25, 0.3) is 0 Å². The average molecular weight is 261 g/mol. The van der Waals surface area contributed by atoms with Crippen LogP contribution in [-0.4, -0.2) is 18.1 Å². The SMILES string of the molecule is COC(=O)Cc1nc(Cl)c(C#N)cc1C(F)F. The lowest BCUT2D eigenvalue weighted by atomic mass is 10.1. The van der Waals surface area contributed by atoms with Crippen molar-refractivity contribution in [2.45, 2.75) is 12.8 Å². The molecule has 1 rings (SSSR count). The van der Waals surface area contributed by atoms with Gasteiger partial charge in [-0.05, 0) is 6.07 Å². The van der Waals surface area contributed by atoms with Gasteiger partial charge in [-0.1, -0.05) is 11.6 Å². The van der Waals surface area contributed by atoms with Gasteiger partial charge in [0.15, 0.2) is 0 Å². The summed E-state index contributed by atoms with van der Waals surface area (Å²) in [5, 5.41) is 8.42. The molecule has 0 spiro atoms. The molecule has 0 amide bonds. The Labute approximate surface area is 101 Å². The molecule has 0 aliphatic carbocycles. The van der Waals surface area contributed by atoms with Gasteiger partial charge in [-0.3, -0.25) is 4.79 Å². The lowest BCUT2D eigenvalue weighted by molar-refractivity contribution is -0.139. The Hall–Kier alpha value is -1.74. The first kappa shape index (κ1) is 13.3. The molecule has 1 heterocycles. The number of aromatic nitrogens is 1. The highest BCUT2D eigenvalue weighted by molar-refractivity contribution is 6.30. The van der Waals surface area contributed by atoms with Gasteiger partial charge < -0.3 is 4.74 Å². The van der Waals surface area contributed by atoms with Crippen molar-refractivity contribution in [2.24, 2.45) is 0 Å². The molecule has 0 N–H and O–H groups in total. The summed E-state index contributed by atoms with van der Waals surface area (Å²) in [5.74, 6) is -0.708. The minimum atomic E-state index is -2.84. The number of nitrogens with zero attached hydrogens (tertiary/aromatic N) is 2. The van der Waals surface area contributed by atoms with Gasteiger partial charge in [-0.2, -0.15) is 5.26 Å². The second kappa shape index (κ2) is 5.55. The molecule has 0 radical (unpaired) electrons. The van der Waals surface area contributed by atoms with Crippen LogP contribution in [0.1, 0.15) is 23.2 Å². The second-order valence-corrected chi connectivity index (χ2v) is 3.39. The van der Waals surface area contributed by atoms with Crippen LogP contribution in [0, 0.1) is 11.3 Å². The van der Waals surface area contributed by atoms with E-state index in [0.29, 0.717) is 0 Å². The topological polar surface area (TPSA) is 63.0 Å². The highest BCUT2D eigenvalue weighted by atomic mass is 35.5. The first-order valence-electron chi connectivity index (χ1n) is 4.44. The zero-order valence-electron chi connectivity index (χ0n) is 8.71. The van der Waals surface area contributed by atoms with Crippen LogP contribution in [0.3, 0.4) is 0 Å². The van der Waals surface area contributed by atoms with Crippen LogP contribution >= 0.6 is 11.6 Å². The zero-order valence-corrected chi connectivity index (χ0v) is 9.46. The highest BCUT2D eigenvalue weighted by Gasteiger charge is 2.20. The zero-order chi connectivity index (χ0) is 13.0. The van der Waals surface area contributed by atoms with Crippen molar-refractivity contribution in [2.75, 3.05) is 7.11 Å². The second-order valence-electron chi connectivity index (χ2n) is 3.03. The molecule has 0 fully saturated rings. The molecule has 17 heavy (non-hydrogen) atoms. The minimum Gasteiger partial charge on any atom is -0.469 e. The van der Waals surface area contributed by atoms with E-state index in [1.807, 2.05) is 0 Å². The Morgan fingerprint density at radius 1 is 1.71 bits per heavy atom. The molecule has 4 nitrogen and oxygen atoms in total. The van der Waals surface area contributed by atoms with E-state index in [0.717, 1.165) is 13.2 Å². The summed E-state index contributed by atoms with van der Waals surface area (Å²) < 4.78 is 29.7. The maximum Gasteiger partial charge on any atom is 0.311 e. The Morgan fingerprint density at radius 3 is 2.82 bits per heavy atom. The van der Waals surface area contributed by atoms with E-state index in [9.17, 15) is 13.6 Å². The van der Waals surface area contributed by atoms with Crippen LogP contribution in [0.2, 0.25) is 5.15 Å². The molecule has 90 valence electrons. The summed E-state index contributed by atoms with van der Waals surface area (Å²) in [6.45, 7) is 0. The van der Waals surface area contributed by atoms with Crippen LogP contribution in [-0.2, 0) is 16.0 Å². The number of nitriles is 1. The monoisotopic (exact) mass is 260 g/mol. The summed E-state index contributed by atoms with van der Waals surface area (Å²) in [5.41, 5.74) is -0.831. The highest BCUT2D eigenvalue weighted by Crippen LogP contribution is 2.26. The molecule has 0 saturated heterocycles. The Bertz CT molecular complexity index is 486. The normalized spacial score (nSPS) is 10.1. The molecule has 0 aliphatic heterocycles. The molecule has 0 aliphatic rings. The summed E-state index contributed by atoms with van der Waals surface area (Å²) in [6.07, 6.45) is -3.26. The van der Waals surface area contributed by atoms with Crippen LogP contribution in [0.15, 0.2) is 6.07 Å². The summed E-state index contributed by atoms with van der Waals surface area (Å²) in [7, 11) is 1.13. The standard InChI is InChI=1S/C10H7ClF2N2O2/c1-17-8(16)3-7-6(10(12)13)2-5(4-14)9(11)15-7/h2,10H,3H2,1H3. The van der Waals surface area contributed by atoms with E-state index in [4.69, 9.17) is 16.9 Å². The molecule has 0 saturated carbocycles. The fourth-order valence-electron chi connectivity index (χ4n) is 1.16. The van der Waals surface area contributed by atoms with Crippen molar-refractivity contribution in [3.8, 4) is 6.07 Å². The van der Waals surface area contributed by atoms with E-state index in [-0.39, 0.29) is 16.4 Å². The van der Waals surface area contributed by atoms with Crippen molar-refractivity contribution in [3.05, 3.63) is 28.0 Å². The Kier molecular flexibility index (Phi) is 4.35. The van der Waals surface area contributed by atoms with Gasteiger partial charge in [0.05, 0.1) is 24.8 Å². The summed E-state index contributed by atoms with van der Waals surface area (Å²) in [6, 6.07) is 2.57. The maximum atomic E-state index is 12.7. The number of methoxy groups -OCH3 is 1.